The molecular weight excluding hydrogens is 631 g/mol. The number of hydrogen-bond donors (Lipinski definition) is 0. The lowest BCUT2D eigenvalue weighted by molar-refractivity contribution is 0.823. The number of rotatable bonds is 4. The molecule has 0 amide bonds. The first kappa shape index (κ1) is 66.9. The van der Waals surface area contributed by atoms with Gasteiger partial charge in [-0.25, -0.2) is 0 Å². The second-order valence-electron chi connectivity index (χ2n) is 9.85. The zero-order valence-corrected chi connectivity index (χ0v) is 39.5. The van der Waals surface area contributed by atoms with Crippen molar-refractivity contribution in [2.24, 2.45) is 0 Å². The molecule has 0 aliphatic carbocycles. The van der Waals surface area contributed by atoms with E-state index >= 15 is 0 Å². The van der Waals surface area contributed by atoms with Gasteiger partial charge < -0.3 is 0 Å². The van der Waals surface area contributed by atoms with Gasteiger partial charge in [-0.1, -0.05) is 209 Å². The summed E-state index contributed by atoms with van der Waals surface area (Å²) in [7, 11) is 0. The first-order chi connectivity index (χ1) is 25.2. The van der Waals surface area contributed by atoms with Gasteiger partial charge in [0.05, 0.1) is 0 Å². The zero-order chi connectivity index (χ0) is 42.8. The van der Waals surface area contributed by atoms with Gasteiger partial charge in [0.25, 0.3) is 0 Å². The second kappa shape index (κ2) is 62.8. The number of pyridine rings is 3. The highest BCUT2D eigenvalue weighted by molar-refractivity contribution is 5.17. The zero-order valence-electron chi connectivity index (χ0n) is 39.5. The molecule has 3 nitrogen and oxygen atoms in total. The molecule has 0 saturated carbocycles. The van der Waals surface area contributed by atoms with Crippen LogP contribution in [-0.4, -0.2) is 15.0 Å². The van der Waals surface area contributed by atoms with E-state index in [9.17, 15) is 0 Å². The van der Waals surface area contributed by atoms with Gasteiger partial charge in [-0.05, 0) is 70.7 Å². The fourth-order valence-corrected chi connectivity index (χ4v) is 3.02. The van der Waals surface area contributed by atoms with Crippen LogP contribution in [0.2, 0.25) is 0 Å². The summed E-state index contributed by atoms with van der Waals surface area (Å²) in [5.41, 5.74) is 5.23. The maximum Gasteiger partial charge on any atom is 0.0428 e. The second-order valence-corrected chi connectivity index (χ2v) is 9.85. The SMILES string of the molecule is CC.CC.CC.CC.CC.CC.CC.CC.CC(C)c1ccccc1.CC(C)c1ccccn1.CC(C)c1cccnc1.CC(C)c1ccncc1. The molecule has 304 valence electrons. The Bertz CT molecular complexity index is 841. The van der Waals surface area contributed by atoms with E-state index in [-0.39, 0.29) is 0 Å². The predicted molar refractivity (Wildman–Crippen MR) is 246 cm³/mol. The van der Waals surface area contributed by atoms with Crippen molar-refractivity contribution in [3.05, 3.63) is 126 Å². The highest BCUT2D eigenvalue weighted by atomic mass is 14.7. The topological polar surface area (TPSA) is 38.7 Å². The van der Waals surface area contributed by atoms with Crippen LogP contribution in [0.3, 0.4) is 0 Å². The summed E-state index contributed by atoms with van der Waals surface area (Å²) in [6.07, 6.45) is 9.19. The standard InChI is InChI=1S/C9H12.3C8H11N.8C2H6/c1-8(2)9-6-4-3-5-7-9;1-7(2)8-3-5-9-6-4-8;1-7(2)8-4-3-5-9-6-8;1-7(2)8-5-3-4-6-9-8;8*1-2/h3-8H,1-2H3;3*3-7H,1-2H3;8*1-2H3. The molecule has 4 aromatic rings. The van der Waals surface area contributed by atoms with Gasteiger partial charge in [-0.2, -0.15) is 0 Å². The molecule has 0 radical (unpaired) electrons. The first-order valence-corrected chi connectivity index (χ1v) is 21.0. The van der Waals surface area contributed by atoms with Crippen molar-refractivity contribution in [3.63, 3.8) is 0 Å². The molecule has 3 heterocycles. The lowest BCUT2D eigenvalue weighted by atomic mass is 10.0. The summed E-state index contributed by atoms with van der Waals surface area (Å²) in [5.74, 6) is 2.42. The highest BCUT2D eigenvalue weighted by Crippen LogP contribution is 2.12. The normalized spacial score (nSPS) is 7.92. The van der Waals surface area contributed by atoms with Crippen LogP contribution in [0.5, 0.6) is 0 Å². The van der Waals surface area contributed by atoms with Crippen LogP contribution in [0, 0.1) is 0 Å². The van der Waals surface area contributed by atoms with E-state index in [1.165, 1.54) is 16.7 Å². The Balaban J connectivity index is -0.0000000731. The van der Waals surface area contributed by atoms with Gasteiger partial charge in [-0.3, -0.25) is 15.0 Å². The van der Waals surface area contributed by atoms with Crippen LogP contribution < -0.4 is 0 Å². The molecule has 0 aliphatic heterocycles. The number of hydrogen-bond acceptors (Lipinski definition) is 3. The minimum Gasteiger partial charge on any atom is -0.265 e. The maximum atomic E-state index is 4.18. The highest BCUT2D eigenvalue weighted by Gasteiger charge is 1.96. The Morgan fingerprint density at radius 1 is 0.308 bits per heavy atom. The smallest absolute Gasteiger partial charge is 0.0428 e. The average molecular weight is 724 g/mol. The van der Waals surface area contributed by atoms with Crippen LogP contribution in [0.15, 0.2) is 104 Å². The van der Waals surface area contributed by atoms with Crippen LogP contribution in [0.1, 0.15) is 212 Å². The van der Waals surface area contributed by atoms with Crippen molar-refractivity contribution in [1.29, 1.82) is 0 Å². The van der Waals surface area contributed by atoms with E-state index in [1.54, 1.807) is 6.20 Å². The van der Waals surface area contributed by atoms with E-state index in [0.29, 0.717) is 23.7 Å². The molecule has 0 spiro atoms. The number of aromatic nitrogens is 3. The lowest BCUT2D eigenvalue weighted by Crippen LogP contribution is -1.88. The van der Waals surface area contributed by atoms with Crippen LogP contribution in [0.25, 0.3) is 0 Å². The van der Waals surface area contributed by atoms with Gasteiger partial charge in [0, 0.05) is 36.7 Å². The number of benzene rings is 1. The molecular formula is C49H93N3. The van der Waals surface area contributed by atoms with Crippen LogP contribution in [-0.2, 0) is 0 Å². The van der Waals surface area contributed by atoms with E-state index in [1.807, 2.05) is 178 Å². The summed E-state index contributed by atoms with van der Waals surface area (Å²) >= 11 is 0. The minimum absolute atomic E-state index is 0.547. The summed E-state index contributed by atoms with van der Waals surface area (Å²) in [6.45, 7) is 49.4. The largest absolute Gasteiger partial charge is 0.265 e. The average Bonchev–Trinajstić information content (AvgIpc) is 3.25. The van der Waals surface area contributed by atoms with E-state index in [4.69, 9.17) is 0 Å². The van der Waals surface area contributed by atoms with E-state index in [0.717, 1.165) is 5.69 Å². The molecule has 0 fully saturated rings. The summed E-state index contributed by atoms with van der Waals surface area (Å²) < 4.78 is 0. The van der Waals surface area contributed by atoms with Crippen molar-refractivity contribution < 1.29 is 0 Å². The minimum atomic E-state index is 0.547. The third-order valence-electron chi connectivity index (χ3n) is 5.47. The Kier molecular flexibility index (Phi) is 80.7. The van der Waals surface area contributed by atoms with Gasteiger partial charge in [0.2, 0.25) is 0 Å². The summed E-state index contributed by atoms with van der Waals surface area (Å²) in [4.78, 5) is 12.1. The Morgan fingerprint density at radius 2 is 0.673 bits per heavy atom. The Labute approximate surface area is 330 Å². The third kappa shape index (κ3) is 48.8. The molecule has 0 atom stereocenters. The fraction of sp³-hybridized carbons (Fsp3) is 0.571. The molecule has 0 N–H and O–H groups in total. The van der Waals surface area contributed by atoms with Crippen molar-refractivity contribution in [2.45, 2.75) is 190 Å². The van der Waals surface area contributed by atoms with Crippen molar-refractivity contribution >= 4 is 0 Å². The summed E-state index contributed by atoms with van der Waals surface area (Å²) in [6, 6.07) is 24.7. The van der Waals surface area contributed by atoms with Crippen LogP contribution in [0.4, 0.5) is 0 Å². The van der Waals surface area contributed by atoms with E-state index in [2.05, 4.69) is 101 Å². The lowest BCUT2D eigenvalue weighted by Gasteiger charge is -2.01. The third-order valence-corrected chi connectivity index (χ3v) is 5.47. The summed E-state index contributed by atoms with van der Waals surface area (Å²) in [5, 5.41) is 0. The predicted octanol–water partition coefficient (Wildman–Crippen LogP) is 17.6. The molecule has 1 aromatic carbocycles. The van der Waals surface area contributed by atoms with Crippen molar-refractivity contribution in [3.8, 4) is 0 Å². The Morgan fingerprint density at radius 3 is 0.904 bits per heavy atom. The molecule has 0 unspecified atom stereocenters. The molecule has 4 rings (SSSR count). The van der Waals surface area contributed by atoms with Crippen LogP contribution >= 0.6 is 0 Å². The monoisotopic (exact) mass is 724 g/mol. The molecule has 3 heteroatoms. The van der Waals surface area contributed by atoms with Crippen molar-refractivity contribution in [2.75, 3.05) is 0 Å². The van der Waals surface area contributed by atoms with Crippen molar-refractivity contribution in [1.82, 2.24) is 15.0 Å². The fourth-order valence-electron chi connectivity index (χ4n) is 3.02. The molecule has 52 heavy (non-hydrogen) atoms. The van der Waals surface area contributed by atoms with Gasteiger partial charge in [-0.15, -0.1) is 0 Å². The molecule has 0 bridgehead atoms. The Hall–Kier alpha value is -3.33. The quantitative estimate of drug-likeness (QED) is 0.210. The van der Waals surface area contributed by atoms with Gasteiger partial charge in [0.1, 0.15) is 0 Å². The maximum absolute atomic E-state index is 4.18. The van der Waals surface area contributed by atoms with Gasteiger partial charge >= 0.3 is 0 Å². The van der Waals surface area contributed by atoms with Gasteiger partial charge in [0.15, 0.2) is 0 Å². The number of nitrogens with zero attached hydrogens (tertiary/aromatic N) is 3. The first-order valence-electron chi connectivity index (χ1n) is 21.0. The molecule has 0 saturated heterocycles. The molecule has 0 aliphatic rings. The van der Waals surface area contributed by atoms with E-state index < -0.39 is 0 Å². The molecule has 3 aromatic heterocycles.